The predicted octanol–water partition coefficient (Wildman–Crippen LogP) is 6.03. The van der Waals surface area contributed by atoms with Gasteiger partial charge < -0.3 is 72.5 Å². The maximum absolute atomic E-state index is 9.96. The number of rotatable bonds is 37. The van der Waals surface area contributed by atoms with Crippen LogP contribution in [0.2, 0.25) is 0 Å². The molecular weight excluding hydrogens is 987 g/mol. The van der Waals surface area contributed by atoms with Crippen molar-refractivity contribution < 1.29 is 57.6 Å². The van der Waals surface area contributed by atoms with Crippen molar-refractivity contribution in [1.82, 2.24) is 24.8 Å². The van der Waals surface area contributed by atoms with Gasteiger partial charge >= 0.3 is 0 Å². The van der Waals surface area contributed by atoms with Crippen LogP contribution in [-0.2, 0) is 76.4 Å². The number of aliphatic hydroxyl groups excluding tert-OH is 2. The molecule has 5 heterocycles. The molecule has 0 aliphatic carbocycles. The molecule has 0 spiro atoms. The van der Waals surface area contributed by atoms with Crippen molar-refractivity contribution in [2.45, 2.75) is 79.1 Å². The first-order chi connectivity index (χ1) is 37.8. The summed E-state index contributed by atoms with van der Waals surface area (Å²) in [5, 5.41) is 19.9. The SMILES string of the molecule is CCc1c2[nH]c(c1CC)Cc1[nH]c(c(C)c1CCCO)C=Nc1cc(OCCOCCOCCN3CCN(CCOCCOCCOC)CC3)c(OCCOCCOCCOC)cc1N=Cc1[nH]c(c(CCCO)c1C)C2. The molecule has 2 aliphatic rings. The Morgan fingerprint density at radius 2 is 0.818 bits per heavy atom. The molecule has 3 aromatic heterocycles. The molecule has 19 nitrogen and oxygen atoms in total. The van der Waals surface area contributed by atoms with Crippen molar-refractivity contribution in [1.29, 1.82) is 0 Å². The highest BCUT2D eigenvalue weighted by molar-refractivity contribution is 5.88. The number of piperazine rings is 1. The van der Waals surface area contributed by atoms with Gasteiger partial charge in [0.1, 0.15) is 13.2 Å². The van der Waals surface area contributed by atoms with Crippen LogP contribution in [0, 0.1) is 13.8 Å². The summed E-state index contributed by atoms with van der Waals surface area (Å²) in [4.78, 5) is 26.5. The average molecular weight is 1080 g/mol. The first-order valence-electron chi connectivity index (χ1n) is 28.1. The smallest absolute Gasteiger partial charge is 0.163 e. The van der Waals surface area contributed by atoms with Crippen LogP contribution in [0.1, 0.15) is 94.2 Å². The van der Waals surface area contributed by atoms with E-state index in [1.807, 2.05) is 24.6 Å². The van der Waals surface area contributed by atoms with Crippen molar-refractivity contribution in [3.63, 3.8) is 0 Å². The molecule has 0 radical (unpaired) electrons. The number of methoxy groups -OCH3 is 2. The summed E-state index contributed by atoms with van der Waals surface area (Å²) in [6.45, 7) is 22.6. The van der Waals surface area contributed by atoms with Gasteiger partial charge in [0.2, 0.25) is 0 Å². The monoisotopic (exact) mass is 1080 g/mol. The average Bonchev–Trinajstić information content (AvgIpc) is 4.06. The molecule has 19 heteroatoms. The van der Waals surface area contributed by atoms with Gasteiger partial charge in [0, 0.05) is 114 Å². The van der Waals surface area contributed by atoms with E-state index >= 15 is 0 Å². The topological polar surface area (TPSA) is 211 Å². The van der Waals surface area contributed by atoms with Gasteiger partial charge in [0.25, 0.3) is 0 Å². The largest absolute Gasteiger partial charge is 0.487 e. The molecule has 0 atom stereocenters. The number of aliphatic imine (C=N–C) groups is 2. The Kier molecular flexibility index (Phi) is 28.2. The Hall–Kier alpha value is -4.48. The van der Waals surface area contributed by atoms with Gasteiger partial charge in [-0.3, -0.25) is 19.8 Å². The minimum absolute atomic E-state index is 0.105. The molecule has 6 rings (SSSR count). The molecule has 0 saturated carbocycles. The van der Waals surface area contributed by atoms with Crippen molar-refractivity contribution in [3.8, 4) is 11.5 Å². The van der Waals surface area contributed by atoms with Crippen LogP contribution in [-0.4, -0.2) is 220 Å². The lowest BCUT2D eigenvalue weighted by molar-refractivity contribution is 0.0108. The Morgan fingerprint density at radius 1 is 0.468 bits per heavy atom. The molecule has 430 valence electrons. The molecule has 1 saturated heterocycles. The highest BCUT2D eigenvalue weighted by Crippen LogP contribution is 2.41. The lowest BCUT2D eigenvalue weighted by Crippen LogP contribution is -2.48. The number of nitrogens with one attached hydrogen (secondary N) is 3. The van der Waals surface area contributed by atoms with Crippen molar-refractivity contribution >= 4 is 23.8 Å². The van der Waals surface area contributed by atoms with Crippen molar-refractivity contribution in [2.24, 2.45) is 9.98 Å². The van der Waals surface area contributed by atoms with Crippen LogP contribution in [0.5, 0.6) is 11.5 Å². The summed E-state index contributed by atoms with van der Waals surface area (Å²) in [7, 11) is 3.32. The van der Waals surface area contributed by atoms with E-state index in [0.717, 1.165) is 98.9 Å². The van der Waals surface area contributed by atoms with Crippen LogP contribution in [0.25, 0.3) is 0 Å². The van der Waals surface area contributed by atoms with E-state index in [-0.39, 0.29) is 26.4 Å². The fraction of sp³-hybridized carbons (Fsp3) is 0.655. The molecule has 1 fully saturated rings. The third-order valence-electron chi connectivity index (χ3n) is 14.2. The number of H-pyrrole nitrogens is 3. The fourth-order valence-corrected chi connectivity index (χ4v) is 9.93. The molecule has 0 amide bonds. The molecule has 6 bridgehead atoms. The molecule has 1 aromatic carbocycles. The predicted molar refractivity (Wildman–Crippen MR) is 301 cm³/mol. The number of nitrogens with zero attached hydrogens (tertiary/aromatic N) is 4. The van der Waals surface area contributed by atoms with Crippen LogP contribution >= 0.6 is 0 Å². The van der Waals surface area contributed by atoms with Crippen LogP contribution in [0.4, 0.5) is 11.4 Å². The normalized spacial score (nSPS) is 14.2. The number of benzene rings is 1. The first-order valence-corrected chi connectivity index (χ1v) is 28.1. The second-order valence-corrected chi connectivity index (χ2v) is 19.3. The second kappa shape index (κ2) is 35.2. The molecule has 0 unspecified atom stereocenters. The van der Waals surface area contributed by atoms with Crippen molar-refractivity contribution in [3.05, 3.63) is 79.7 Å². The van der Waals surface area contributed by atoms with Crippen LogP contribution in [0.15, 0.2) is 22.1 Å². The lowest BCUT2D eigenvalue weighted by Gasteiger charge is -2.34. The van der Waals surface area contributed by atoms with Crippen LogP contribution in [0.3, 0.4) is 0 Å². The van der Waals surface area contributed by atoms with Gasteiger partial charge in [-0.2, -0.15) is 0 Å². The molecule has 77 heavy (non-hydrogen) atoms. The molecule has 5 N–H and O–H groups in total. The third kappa shape index (κ3) is 19.7. The number of aromatic amines is 3. The number of fused-ring (bicyclic) bond motifs is 7. The number of hydrogen-bond donors (Lipinski definition) is 5. The van der Waals surface area contributed by atoms with Crippen LogP contribution < -0.4 is 9.47 Å². The maximum atomic E-state index is 9.96. The van der Waals surface area contributed by atoms with Gasteiger partial charge in [-0.25, -0.2) is 0 Å². The second-order valence-electron chi connectivity index (χ2n) is 19.3. The minimum atomic E-state index is 0.105. The van der Waals surface area contributed by atoms with Gasteiger partial charge in [0.05, 0.1) is 128 Å². The summed E-state index contributed by atoms with van der Waals surface area (Å²) >= 11 is 0. The van der Waals surface area contributed by atoms with E-state index in [0.29, 0.717) is 141 Å². The zero-order chi connectivity index (χ0) is 54.5. The Labute approximate surface area is 457 Å². The highest BCUT2D eigenvalue weighted by Gasteiger charge is 2.23. The Morgan fingerprint density at radius 3 is 1.18 bits per heavy atom. The van der Waals surface area contributed by atoms with Gasteiger partial charge in [-0.15, -0.1) is 0 Å². The quantitative estimate of drug-likeness (QED) is 0.0288. The van der Waals surface area contributed by atoms with Gasteiger partial charge in [-0.05, 0) is 85.8 Å². The van der Waals surface area contributed by atoms with Crippen molar-refractivity contribution in [2.75, 3.05) is 172 Å². The van der Waals surface area contributed by atoms with Gasteiger partial charge in [-0.1, -0.05) is 13.8 Å². The fourth-order valence-electron chi connectivity index (χ4n) is 9.93. The Balaban J connectivity index is 1.15. The molecule has 2 aliphatic heterocycles. The lowest BCUT2D eigenvalue weighted by atomic mass is 9.97. The zero-order valence-corrected chi connectivity index (χ0v) is 47.2. The zero-order valence-electron chi connectivity index (χ0n) is 47.2. The van der Waals surface area contributed by atoms with E-state index in [4.69, 9.17) is 57.4 Å². The highest BCUT2D eigenvalue weighted by atomic mass is 16.6. The van der Waals surface area contributed by atoms with E-state index in [9.17, 15) is 10.2 Å². The van der Waals surface area contributed by atoms with E-state index in [2.05, 4.69) is 52.4 Å². The Bertz CT molecular complexity index is 2350. The van der Waals surface area contributed by atoms with E-state index in [1.54, 1.807) is 14.2 Å². The minimum Gasteiger partial charge on any atom is -0.487 e. The van der Waals surface area contributed by atoms with E-state index in [1.165, 1.54) is 33.6 Å². The molecular formula is C58H91N7O12. The third-order valence-corrected chi connectivity index (χ3v) is 14.2. The first kappa shape index (κ1) is 61.7. The maximum Gasteiger partial charge on any atom is 0.163 e. The molecule has 4 aromatic rings. The summed E-state index contributed by atoms with van der Waals surface area (Å²) in [6.07, 6.45) is 9.71. The summed E-state index contributed by atoms with van der Waals surface area (Å²) in [5.41, 5.74) is 14.9. The summed E-state index contributed by atoms with van der Waals surface area (Å²) < 4.78 is 57.5. The number of aromatic nitrogens is 3. The standard InChI is InChI=1S/C58H91N7O12/c1-7-45-46(8-2)50-38-52-48(12-10-20-67)44(4)56(63-52)42-60-54-40-58(77-36-34-75-32-31-73-26-24-69-6)57(39-53(54)59-41-55-43(3)47(11-9-19-66)51(62-55)37-49(45)61-50)76-35-33-74-30-28-71-22-18-65-15-13-64(14-16-65)17-21-70-27-29-72-25-23-68-5/h39-42,61-63,66-67H,7-38H2,1-6H3. The van der Waals surface area contributed by atoms with E-state index < -0.39 is 0 Å². The summed E-state index contributed by atoms with van der Waals surface area (Å²) in [6, 6.07) is 3.75. The summed E-state index contributed by atoms with van der Waals surface area (Å²) in [5.74, 6) is 0.997. The van der Waals surface area contributed by atoms with Gasteiger partial charge in [0.15, 0.2) is 11.5 Å². The number of aliphatic hydroxyl groups is 2. The number of hydrogen-bond acceptors (Lipinski definition) is 16. The number of ether oxygens (including phenoxy) is 10.